The van der Waals surface area contributed by atoms with Crippen molar-refractivity contribution in [3.63, 3.8) is 0 Å². The lowest BCUT2D eigenvalue weighted by Gasteiger charge is -2.45. The molecule has 2 atom stereocenters. The molecule has 0 N–H and O–H groups in total. The smallest absolute Gasteiger partial charge is 0.135 e. The third kappa shape index (κ3) is 3.18. The van der Waals surface area contributed by atoms with E-state index in [1.807, 2.05) is 6.07 Å². The molecule has 2 aromatic rings. The summed E-state index contributed by atoms with van der Waals surface area (Å²) in [6, 6.07) is 8.00. The van der Waals surface area contributed by atoms with Crippen LogP contribution in [0.5, 0.6) is 0 Å². The van der Waals surface area contributed by atoms with Gasteiger partial charge in [0.05, 0.1) is 28.9 Å². The van der Waals surface area contributed by atoms with Crippen molar-refractivity contribution in [2.24, 2.45) is 5.92 Å². The SMILES string of the molecule is CC[C@H]1CC[C@](C)(CN2CC(C#N)C2)c2nnc(-c3c(F)cccc3F)cc21. The van der Waals surface area contributed by atoms with E-state index < -0.39 is 11.6 Å². The highest BCUT2D eigenvalue weighted by Crippen LogP contribution is 2.45. The normalized spacial score (nSPS) is 25.0. The van der Waals surface area contributed by atoms with Gasteiger partial charge in [0.15, 0.2) is 0 Å². The molecule has 0 radical (unpaired) electrons. The summed E-state index contributed by atoms with van der Waals surface area (Å²) >= 11 is 0. The van der Waals surface area contributed by atoms with Crippen LogP contribution >= 0.6 is 0 Å². The molecular formula is C22H24F2N4. The fourth-order valence-electron chi connectivity index (χ4n) is 4.67. The molecular weight excluding hydrogens is 358 g/mol. The van der Waals surface area contributed by atoms with Crippen molar-refractivity contribution in [2.75, 3.05) is 19.6 Å². The maximum Gasteiger partial charge on any atom is 0.135 e. The van der Waals surface area contributed by atoms with Gasteiger partial charge in [-0.2, -0.15) is 15.5 Å². The number of hydrogen-bond acceptors (Lipinski definition) is 4. The molecule has 0 unspecified atom stereocenters. The largest absolute Gasteiger partial charge is 0.300 e. The Hall–Kier alpha value is -2.39. The molecule has 4 rings (SSSR count). The molecule has 1 aliphatic heterocycles. The lowest BCUT2D eigenvalue weighted by atomic mass is 9.69. The lowest BCUT2D eigenvalue weighted by molar-refractivity contribution is 0.0944. The predicted molar refractivity (Wildman–Crippen MR) is 103 cm³/mol. The summed E-state index contributed by atoms with van der Waals surface area (Å²) in [6.07, 6.45) is 2.96. The van der Waals surface area contributed by atoms with Gasteiger partial charge in [0.25, 0.3) is 0 Å². The summed E-state index contributed by atoms with van der Waals surface area (Å²) in [4.78, 5) is 2.29. The van der Waals surface area contributed by atoms with Gasteiger partial charge in [0, 0.05) is 25.0 Å². The Balaban J connectivity index is 1.71. The van der Waals surface area contributed by atoms with E-state index in [1.165, 1.54) is 18.2 Å². The number of hydrogen-bond donors (Lipinski definition) is 0. The zero-order valence-electron chi connectivity index (χ0n) is 16.3. The van der Waals surface area contributed by atoms with E-state index in [4.69, 9.17) is 5.26 Å². The Bertz CT molecular complexity index is 912. The van der Waals surface area contributed by atoms with Crippen molar-refractivity contribution in [1.82, 2.24) is 15.1 Å². The quantitative estimate of drug-likeness (QED) is 0.785. The highest BCUT2D eigenvalue weighted by molar-refractivity contribution is 5.62. The van der Waals surface area contributed by atoms with Crippen molar-refractivity contribution in [1.29, 1.82) is 5.26 Å². The third-order valence-corrected chi connectivity index (χ3v) is 6.30. The number of rotatable bonds is 4. The number of fused-ring (bicyclic) bond motifs is 1. The standard InChI is InChI=1S/C22H24F2N4/c1-3-15-7-8-22(2,13-28-11-14(10-25)12-28)21-16(15)9-19(26-27-21)20-17(23)5-4-6-18(20)24/h4-6,9,14-15H,3,7-8,11-13H2,1-2H3/t15-,22+/m0/s1. The first-order valence-corrected chi connectivity index (χ1v) is 9.89. The first-order chi connectivity index (χ1) is 13.4. The van der Waals surface area contributed by atoms with Crippen molar-refractivity contribution >= 4 is 0 Å². The first-order valence-electron chi connectivity index (χ1n) is 9.89. The van der Waals surface area contributed by atoms with Crippen molar-refractivity contribution < 1.29 is 8.78 Å². The van der Waals surface area contributed by atoms with Crippen LogP contribution in [0.25, 0.3) is 11.3 Å². The maximum atomic E-state index is 14.3. The van der Waals surface area contributed by atoms with E-state index in [2.05, 4.69) is 35.0 Å². The number of halogens is 2. The predicted octanol–water partition coefficient (Wildman–Crippen LogP) is 4.42. The third-order valence-electron chi connectivity index (χ3n) is 6.30. The molecule has 1 aliphatic carbocycles. The van der Waals surface area contributed by atoms with Crippen LogP contribution in [0.4, 0.5) is 8.78 Å². The molecule has 1 fully saturated rings. The summed E-state index contributed by atoms with van der Waals surface area (Å²) in [5.74, 6) is -0.809. The van der Waals surface area contributed by atoms with Crippen LogP contribution in [0.1, 0.15) is 50.3 Å². The second kappa shape index (κ2) is 7.21. The molecule has 1 saturated heterocycles. The van der Waals surface area contributed by atoms with Gasteiger partial charge >= 0.3 is 0 Å². The van der Waals surface area contributed by atoms with Gasteiger partial charge in [-0.25, -0.2) is 8.78 Å². The average molecular weight is 382 g/mol. The minimum Gasteiger partial charge on any atom is -0.300 e. The summed E-state index contributed by atoms with van der Waals surface area (Å²) in [7, 11) is 0. The average Bonchev–Trinajstić information content (AvgIpc) is 2.65. The van der Waals surface area contributed by atoms with Crippen LogP contribution in [-0.2, 0) is 5.41 Å². The summed E-state index contributed by atoms with van der Waals surface area (Å²) < 4.78 is 28.5. The summed E-state index contributed by atoms with van der Waals surface area (Å²) in [6.45, 7) is 6.75. The number of nitriles is 1. The highest BCUT2D eigenvalue weighted by atomic mass is 19.1. The lowest BCUT2D eigenvalue weighted by Crippen LogP contribution is -2.52. The zero-order valence-corrected chi connectivity index (χ0v) is 16.3. The van der Waals surface area contributed by atoms with Crippen molar-refractivity contribution in [3.8, 4) is 17.3 Å². The molecule has 2 heterocycles. The van der Waals surface area contributed by atoms with E-state index >= 15 is 0 Å². The van der Waals surface area contributed by atoms with Gasteiger partial charge in [-0.1, -0.05) is 19.9 Å². The highest BCUT2D eigenvalue weighted by Gasteiger charge is 2.41. The van der Waals surface area contributed by atoms with Crippen LogP contribution in [0.3, 0.4) is 0 Å². The molecule has 6 heteroatoms. The van der Waals surface area contributed by atoms with Crippen LogP contribution in [-0.4, -0.2) is 34.7 Å². The molecule has 0 saturated carbocycles. The molecule has 1 aromatic carbocycles. The Morgan fingerprint density at radius 1 is 1.25 bits per heavy atom. The molecule has 4 nitrogen and oxygen atoms in total. The van der Waals surface area contributed by atoms with Gasteiger partial charge in [-0.05, 0) is 48.9 Å². The van der Waals surface area contributed by atoms with Gasteiger partial charge in [0.2, 0.25) is 0 Å². The van der Waals surface area contributed by atoms with Crippen LogP contribution in [0.15, 0.2) is 24.3 Å². The second-order valence-electron chi connectivity index (χ2n) is 8.35. The Kier molecular flexibility index (Phi) is 4.88. The van der Waals surface area contributed by atoms with Gasteiger partial charge in [-0.3, -0.25) is 4.90 Å². The van der Waals surface area contributed by atoms with E-state index in [0.29, 0.717) is 5.92 Å². The Morgan fingerprint density at radius 3 is 2.61 bits per heavy atom. The minimum absolute atomic E-state index is 0.112. The number of benzene rings is 1. The Labute approximate surface area is 164 Å². The molecule has 2 aliphatic rings. The van der Waals surface area contributed by atoms with Crippen LogP contribution < -0.4 is 0 Å². The fourth-order valence-corrected chi connectivity index (χ4v) is 4.67. The maximum absolute atomic E-state index is 14.3. The zero-order chi connectivity index (χ0) is 19.9. The van der Waals surface area contributed by atoms with E-state index in [-0.39, 0.29) is 22.6 Å². The first kappa shape index (κ1) is 18.9. The molecule has 1 aromatic heterocycles. The number of nitrogens with zero attached hydrogens (tertiary/aromatic N) is 4. The second-order valence-corrected chi connectivity index (χ2v) is 8.35. The van der Waals surface area contributed by atoms with Crippen LogP contribution in [0.2, 0.25) is 0 Å². The van der Waals surface area contributed by atoms with Gasteiger partial charge < -0.3 is 0 Å². The van der Waals surface area contributed by atoms with Crippen LogP contribution in [0, 0.1) is 28.9 Å². The van der Waals surface area contributed by atoms with E-state index in [1.54, 1.807) is 0 Å². The summed E-state index contributed by atoms with van der Waals surface area (Å²) in [5, 5.41) is 17.8. The summed E-state index contributed by atoms with van der Waals surface area (Å²) in [5.41, 5.74) is 1.97. The number of aromatic nitrogens is 2. The molecule has 0 spiro atoms. The van der Waals surface area contributed by atoms with Gasteiger partial charge in [-0.15, -0.1) is 0 Å². The molecule has 28 heavy (non-hydrogen) atoms. The topological polar surface area (TPSA) is 52.8 Å². The Morgan fingerprint density at radius 2 is 1.96 bits per heavy atom. The van der Waals surface area contributed by atoms with Crippen molar-refractivity contribution in [2.45, 2.75) is 44.4 Å². The van der Waals surface area contributed by atoms with E-state index in [0.717, 1.165) is 50.2 Å². The van der Waals surface area contributed by atoms with E-state index in [9.17, 15) is 8.78 Å². The molecule has 0 bridgehead atoms. The molecule has 146 valence electrons. The van der Waals surface area contributed by atoms with Gasteiger partial charge in [0.1, 0.15) is 11.6 Å². The number of likely N-dealkylation sites (tertiary alicyclic amines) is 1. The van der Waals surface area contributed by atoms with Crippen molar-refractivity contribution in [3.05, 3.63) is 47.2 Å². The monoisotopic (exact) mass is 382 g/mol. The fraction of sp³-hybridized carbons (Fsp3) is 0.500. The minimum atomic E-state index is -0.621. The molecule has 0 amide bonds.